The molecule has 0 heterocycles. The number of carbonyl (C=O) groups is 4. The number of esters is 4. The van der Waals surface area contributed by atoms with Gasteiger partial charge in [0.1, 0.15) is 19.3 Å². The highest BCUT2D eigenvalue weighted by Crippen LogP contribution is 2.45. The van der Waals surface area contributed by atoms with Crippen molar-refractivity contribution in [2.24, 2.45) is 0 Å². The normalized spacial score (nSPS) is 14.9. The van der Waals surface area contributed by atoms with E-state index in [1.165, 1.54) is 51.4 Å². The van der Waals surface area contributed by atoms with Crippen molar-refractivity contribution in [2.75, 3.05) is 39.6 Å². The number of unbranched alkanes of at least 4 members (excludes halogenated alkanes) is 16. The highest BCUT2D eigenvalue weighted by Gasteiger charge is 2.30. The zero-order valence-electron chi connectivity index (χ0n) is 64.1. The standard InChI is InChI=1S/C85H136O17P2/c1-5-9-13-17-21-25-29-33-36-38-39-41-43-47-50-54-58-62-66-70-83(88)96-76-81(102-85(90)72-68-64-60-56-52-48-44-40-37-34-30-26-22-18-14-10-6-2)78-100-104(93,94)98-74-79(86)73-97-103(91,92)99-77-80(101-84(89)71-67-63-59-55-51-45-32-28-24-20-16-12-8-4)75-95-82(87)69-65-61-57-53-49-46-42-35-31-27-23-19-15-11-7-3/h9-11,13-15,21-23,25-27,33-37,39,41-42,44,47-50,53,58,61-62,65,79-81,86H,5-8,12,16-20,24,28-32,38,40,43,45-46,51-52,54-57,59-60,63-64,66-78H2,1-4H3,(H,91,92)(H,93,94)/b13-9-,14-10-,15-11-,25-21-,26-22-,27-23-,36-33-,37-34-,41-39-,42-35-,48-44-,50-47-,53-49-,62-58-,65-61-. The fraction of sp³-hybridized carbons (Fsp3) is 0.600. The first-order valence-electron chi connectivity index (χ1n) is 39.0. The number of rotatable bonds is 71. The number of aliphatic hydroxyl groups is 1. The summed E-state index contributed by atoms with van der Waals surface area (Å²) >= 11 is 0. The summed E-state index contributed by atoms with van der Waals surface area (Å²) in [5.74, 6) is -2.46. The lowest BCUT2D eigenvalue weighted by Crippen LogP contribution is -2.30. The van der Waals surface area contributed by atoms with Crippen LogP contribution < -0.4 is 0 Å². The van der Waals surface area contributed by atoms with Gasteiger partial charge in [0.25, 0.3) is 0 Å². The lowest BCUT2D eigenvalue weighted by Gasteiger charge is -2.21. The fourth-order valence-electron chi connectivity index (χ4n) is 9.60. The van der Waals surface area contributed by atoms with E-state index in [9.17, 15) is 43.2 Å². The van der Waals surface area contributed by atoms with Crippen LogP contribution in [0.15, 0.2) is 182 Å². The molecule has 104 heavy (non-hydrogen) atoms. The monoisotopic (exact) mass is 1490 g/mol. The largest absolute Gasteiger partial charge is 0.472 e. The van der Waals surface area contributed by atoms with E-state index in [-0.39, 0.29) is 25.7 Å². The number of ether oxygens (including phenoxy) is 4. The smallest absolute Gasteiger partial charge is 0.462 e. The Morgan fingerprint density at radius 3 is 0.894 bits per heavy atom. The highest BCUT2D eigenvalue weighted by atomic mass is 31.2. The molecule has 5 atom stereocenters. The minimum atomic E-state index is -5.01. The van der Waals surface area contributed by atoms with Crippen LogP contribution in [0.5, 0.6) is 0 Å². The van der Waals surface area contributed by atoms with Crippen molar-refractivity contribution >= 4 is 39.5 Å². The van der Waals surface area contributed by atoms with Gasteiger partial charge < -0.3 is 33.8 Å². The zero-order chi connectivity index (χ0) is 76.0. The van der Waals surface area contributed by atoms with Crippen molar-refractivity contribution in [1.82, 2.24) is 0 Å². The van der Waals surface area contributed by atoms with E-state index >= 15 is 0 Å². The summed E-state index contributed by atoms with van der Waals surface area (Å²) in [6.45, 7) is 4.28. The molecule has 0 spiro atoms. The average Bonchev–Trinajstić information content (AvgIpc) is 0.911. The van der Waals surface area contributed by atoms with E-state index in [0.717, 1.165) is 135 Å². The Balaban J connectivity index is 5.53. The average molecular weight is 1490 g/mol. The number of phosphoric acid groups is 2. The third-order valence-corrected chi connectivity index (χ3v) is 17.3. The summed E-state index contributed by atoms with van der Waals surface area (Å²) in [5.41, 5.74) is 0. The Morgan fingerprint density at radius 2 is 0.558 bits per heavy atom. The molecule has 3 N–H and O–H groups in total. The molecule has 0 bridgehead atoms. The highest BCUT2D eigenvalue weighted by molar-refractivity contribution is 7.47. The van der Waals surface area contributed by atoms with Crippen LogP contribution in [-0.2, 0) is 65.4 Å². The van der Waals surface area contributed by atoms with E-state index in [1.54, 1.807) is 6.08 Å². The van der Waals surface area contributed by atoms with E-state index < -0.39 is 97.5 Å². The van der Waals surface area contributed by atoms with Gasteiger partial charge in [0.15, 0.2) is 12.2 Å². The first-order valence-corrected chi connectivity index (χ1v) is 42.0. The van der Waals surface area contributed by atoms with Crippen LogP contribution in [0.4, 0.5) is 0 Å². The first kappa shape index (κ1) is 98.2. The SMILES string of the molecule is CC/C=C\C/C=C\C/C=C\C/C=C\C/C=C\C/C=C\CCC(=O)OCC(COP(=O)(O)OCC(O)COP(=O)(O)OCC(COC(=O)C/C=C\C/C=C\C/C=C\C/C=C\C/C=C\CC)OC(=O)CCCCCCCCCCCCCCC)OC(=O)CCCCCC/C=C\C/C=C\C/C=C\C/C=C\CC. The maximum atomic E-state index is 13.1. The van der Waals surface area contributed by atoms with Gasteiger partial charge in [-0.1, -0.05) is 300 Å². The van der Waals surface area contributed by atoms with Crippen LogP contribution in [0, 0.1) is 0 Å². The van der Waals surface area contributed by atoms with Crippen LogP contribution in [-0.4, -0.2) is 96.7 Å². The fourth-order valence-corrected chi connectivity index (χ4v) is 11.2. The molecule has 0 saturated carbocycles. The predicted molar refractivity (Wildman–Crippen MR) is 426 cm³/mol. The molecule has 5 unspecified atom stereocenters. The topological polar surface area (TPSA) is 237 Å². The number of aliphatic hydroxyl groups excluding tert-OH is 1. The summed E-state index contributed by atoms with van der Waals surface area (Å²) in [7, 11) is -10.0. The van der Waals surface area contributed by atoms with Gasteiger partial charge in [-0.2, -0.15) is 0 Å². The van der Waals surface area contributed by atoms with Gasteiger partial charge in [0, 0.05) is 19.3 Å². The van der Waals surface area contributed by atoms with Crippen molar-refractivity contribution in [1.29, 1.82) is 0 Å². The van der Waals surface area contributed by atoms with Gasteiger partial charge in [0.05, 0.1) is 32.8 Å². The summed E-state index contributed by atoms with van der Waals surface area (Å²) in [6, 6.07) is 0. The summed E-state index contributed by atoms with van der Waals surface area (Å²) in [6.07, 6.45) is 90.7. The molecule has 0 radical (unpaired) electrons. The molecule has 0 aromatic carbocycles. The van der Waals surface area contributed by atoms with Crippen LogP contribution in [0.25, 0.3) is 0 Å². The quantitative estimate of drug-likeness (QED) is 0.0169. The predicted octanol–water partition coefficient (Wildman–Crippen LogP) is 22.8. The molecule has 588 valence electrons. The Bertz CT molecular complexity index is 2690. The summed E-state index contributed by atoms with van der Waals surface area (Å²) < 4.78 is 68.3. The molecule has 0 aliphatic heterocycles. The van der Waals surface area contributed by atoms with Crippen molar-refractivity contribution < 1.29 is 80.2 Å². The minimum absolute atomic E-state index is 0.0218. The molecule has 19 heteroatoms. The Kier molecular flexibility index (Phi) is 71.2. The maximum absolute atomic E-state index is 13.1. The Labute approximate surface area is 628 Å². The third kappa shape index (κ3) is 74.4. The molecule has 0 rings (SSSR count). The molecular formula is C85H136O17P2. The molecule has 0 aromatic heterocycles. The minimum Gasteiger partial charge on any atom is -0.462 e. The second kappa shape index (κ2) is 75.4. The van der Waals surface area contributed by atoms with Crippen LogP contribution in [0.2, 0.25) is 0 Å². The van der Waals surface area contributed by atoms with E-state index in [1.807, 2.05) is 36.5 Å². The summed E-state index contributed by atoms with van der Waals surface area (Å²) in [5, 5.41) is 10.6. The van der Waals surface area contributed by atoms with Gasteiger partial charge >= 0.3 is 39.5 Å². The van der Waals surface area contributed by atoms with E-state index in [2.05, 4.69) is 167 Å². The molecule has 0 aliphatic rings. The molecule has 0 fully saturated rings. The molecule has 0 aliphatic carbocycles. The van der Waals surface area contributed by atoms with Crippen molar-refractivity contribution in [3.8, 4) is 0 Å². The van der Waals surface area contributed by atoms with Crippen LogP contribution >= 0.6 is 15.6 Å². The molecule has 0 saturated heterocycles. The Hall–Kier alpha value is -5.84. The van der Waals surface area contributed by atoms with E-state index in [4.69, 9.17) is 37.0 Å². The number of hydrogen-bond donors (Lipinski definition) is 3. The molecule has 0 amide bonds. The van der Waals surface area contributed by atoms with Gasteiger partial charge in [0.2, 0.25) is 0 Å². The lowest BCUT2D eigenvalue weighted by molar-refractivity contribution is -0.161. The molecular weight excluding hydrogens is 1350 g/mol. The van der Waals surface area contributed by atoms with E-state index in [0.29, 0.717) is 32.1 Å². The van der Waals surface area contributed by atoms with Crippen molar-refractivity contribution in [3.63, 3.8) is 0 Å². The first-order chi connectivity index (χ1) is 50.7. The van der Waals surface area contributed by atoms with Crippen LogP contribution in [0.3, 0.4) is 0 Å². The lowest BCUT2D eigenvalue weighted by atomic mass is 10.0. The number of hydrogen-bond acceptors (Lipinski definition) is 15. The number of allylic oxidation sites excluding steroid dienone is 29. The molecule has 0 aromatic rings. The maximum Gasteiger partial charge on any atom is 0.472 e. The van der Waals surface area contributed by atoms with Crippen LogP contribution in [0.1, 0.15) is 272 Å². The second-order valence-electron chi connectivity index (χ2n) is 25.2. The van der Waals surface area contributed by atoms with Crippen molar-refractivity contribution in [2.45, 2.75) is 290 Å². The van der Waals surface area contributed by atoms with Gasteiger partial charge in [-0.05, 0) is 128 Å². The number of carbonyl (C=O) groups excluding carboxylic acids is 4. The molecule has 17 nitrogen and oxygen atoms in total. The number of phosphoric ester groups is 2. The van der Waals surface area contributed by atoms with Gasteiger partial charge in [-0.25, -0.2) is 9.13 Å². The van der Waals surface area contributed by atoms with Gasteiger partial charge in [-0.3, -0.25) is 37.3 Å². The Morgan fingerprint density at radius 1 is 0.288 bits per heavy atom. The summed E-state index contributed by atoms with van der Waals surface area (Å²) in [4.78, 5) is 72.9. The zero-order valence-corrected chi connectivity index (χ0v) is 65.9. The van der Waals surface area contributed by atoms with Gasteiger partial charge in [-0.15, -0.1) is 0 Å². The second-order valence-corrected chi connectivity index (χ2v) is 28.1. The van der Waals surface area contributed by atoms with Crippen molar-refractivity contribution in [3.05, 3.63) is 182 Å². The third-order valence-electron chi connectivity index (χ3n) is 15.4.